The zero-order valence-electron chi connectivity index (χ0n) is 8.53. The molecule has 1 nitrogen and oxygen atoms in total. The molecule has 2 heteroatoms. The van der Waals surface area contributed by atoms with E-state index in [0.29, 0.717) is 0 Å². The van der Waals surface area contributed by atoms with Gasteiger partial charge in [-0.25, -0.2) is 0 Å². The standard InChI is InChI=1S/C9H20ClN/c1-8(2,7-11(5)6)9(3,4)10/h7H2,1-6H3. The highest BCUT2D eigenvalue weighted by molar-refractivity contribution is 6.23. The van der Waals surface area contributed by atoms with Crippen molar-refractivity contribution < 1.29 is 0 Å². The van der Waals surface area contributed by atoms with Gasteiger partial charge in [-0.05, 0) is 33.4 Å². The highest BCUT2D eigenvalue weighted by Gasteiger charge is 2.35. The predicted molar refractivity (Wildman–Crippen MR) is 52.3 cm³/mol. The third-order valence-electron chi connectivity index (χ3n) is 2.32. The third-order valence-corrected chi connectivity index (χ3v) is 2.83. The molecular formula is C9H20ClN. The van der Waals surface area contributed by atoms with Crippen molar-refractivity contribution in [3.05, 3.63) is 0 Å². The SMILES string of the molecule is CN(C)CC(C)(C)C(C)(C)Cl. The van der Waals surface area contributed by atoms with Crippen LogP contribution in [0.15, 0.2) is 0 Å². The summed E-state index contributed by atoms with van der Waals surface area (Å²) in [6.07, 6.45) is 0. The predicted octanol–water partition coefficient (Wildman–Crippen LogP) is 2.59. The molecule has 0 N–H and O–H groups in total. The van der Waals surface area contributed by atoms with Gasteiger partial charge in [-0.2, -0.15) is 0 Å². The zero-order valence-corrected chi connectivity index (χ0v) is 9.29. The lowest BCUT2D eigenvalue weighted by Gasteiger charge is -2.38. The summed E-state index contributed by atoms with van der Waals surface area (Å²) >= 11 is 6.24. The molecule has 0 aliphatic rings. The van der Waals surface area contributed by atoms with Gasteiger partial charge in [0.1, 0.15) is 0 Å². The molecular weight excluding hydrogens is 158 g/mol. The van der Waals surface area contributed by atoms with Gasteiger partial charge >= 0.3 is 0 Å². The molecule has 0 radical (unpaired) electrons. The van der Waals surface area contributed by atoms with E-state index >= 15 is 0 Å². The van der Waals surface area contributed by atoms with Crippen LogP contribution in [0.3, 0.4) is 0 Å². The molecule has 0 spiro atoms. The van der Waals surface area contributed by atoms with Gasteiger partial charge in [-0.3, -0.25) is 0 Å². The van der Waals surface area contributed by atoms with Crippen molar-refractivity contribution in [2.24, 2.45) is 5.41 Å². The Labute approximate surface area is 75.7 Å². The first-order valence-electron chi connectivity index (χ1n) is 4.00. The van der Waals surface area contributed by atoms with Crippen LogP contribution in [-0.4, -0.2) is 30.4 Å². The lowest BCUT2D eigenvalue weighted by atomic mass is 9.80. The second-order valence-corrected chi connectivity index (χ2v) is 5.54. The normalized spacial score (nSPS) is 14.2. The molecule has 0 fully saturated rings. The van der Waals surface area contributed by atoms with Gasteiger partial charge in [0, 0.05) is 11.4 Å². The second-order valence-electron chi connectivity index (χ2n) is 4.59. The molecule has 0 saturated carbocycles. The van der Waals surface area contributed by atoms with Crippen LogP contribution in [0.5, 0.6) is 0 Å². The van der Waals surface area contributed by atoms with Gasteiger partial charge < -0.3 is 4.90 Å². The Bertz CT molecular complexity index is 122. The molecule has 0 aromatic heterocycles. The maximum atomic E-state index is 6.24. The van der Waals surface area contributed by atoms with Crippen LogP contribution in [0.2, 0.25) is 0 Å². The fourth-order valence-corrected chi connectivity index (χ4v) is 1.04. The van der Waals surface area contributed by atoms with Crippen molar-refractivity contribution in [2.75, 3.05) is 20.6 Å². The molecule has 11 heavy (non-hydrogen) atoms. The quantitative estimate of drug-likeness (QED) is 0.600. The fraction of sp³-hybridized carbons (Fsp3) is 1.00. The topological polar surface area (TPSA) is 3.24 Å². The molecule has 0 saturated heterocycles. The van der Waals surface area contributed by atoms with E-state index < -0.39 is 0 Å². The van der Waals surface area contributed by atoms with Crippen LogP contribution >= 0.6 is 11.6 Å². The van der Waals surface area contributed by atoms with Crippen LogP contribution in [0.1, 0.15) is 27.7 Å². The minimum absolute atomic E-state index is 0.142. The maximum absolute atomic E-state index is 6.24. The molecule has 0 rings (SSSR count). The summed E-state index contributed by atoms with van der Waals surface area (Å²) in [4.78, 5) is 2.03. The lowest BCUT2D eigenvalue weighted by molar-refractivity contribution is 0.192. The van der Waals surface area contributed by atoms with Gasteiger partial charge in [0.05, 0.1) is 0 Å². The number of hydrogen-bond acceptors (Lipinski definition) is 1. The first-order chi connectivity index (χ1) is 4.67. The summed E-state index contributed by atoms with van der Waals surface area (Å²) < 4.78 is 0. The summed E-state index contributed by atoms with van der Waals surface area (Å²) in [5.74, 6) is 0. The van der Waals surface area contributed by atoms with E-state index in [1.165, 1.54) is 0 Å². The van der Waals surface area contributed by atoms with Crippen molar-refractivity contribution in [1.29, 1.82) is 0 Å². The van der Waals surface area contributed by atoms with Gasteiger partial charge in [0.25, 0.3) is 0 Å². The lowest BCUT2D eigenvalue weighted by Crippen LogP contribution is -2.41. The van der Waals surface area contributed by atoms with Crippen molar-refractivity contribution >= 4 is 11.6 Å². The van der Waals surface area contributed by atoms with E-state index in [9.17, 15) is 0 Å². The minimum atomic E-state index is -0.142. The van der Waals surface area contributed by atoms with E-state index in [1.54, 1.807) is 0 Å². The Kier molecular flexibility index (Phi) is 3.40. The van der Waals surface area contributed by atoms with Crippen molar-refractivity contribution in [1.82, 2.24) is 4.90 Å². The first-order valence-corrected chi connectivity index (χ1v) is 4.38. The molecule has 0 heterocycles. The average Bonchev–Trinajstić information content (AvgIpc) is 1.56. The molecule has 0 amide bonds. The van der Waals surface area contributed by atoms with E-state index in [4.69, 9.17) is 11.6 Å². The number of rotatable bonds is 3. The molecule has 0 bridgehead atoms. The van der Waals surface area contributed by atoms with Crippen molar-refractivity contribution in [2.45, 2.75) is 32.6 Å². The van der Waals surface area contributed by atoms with Gasteiger partial charge in [-0.15, -0.1) is 11.6 Å². The zero-order chi connectivity index (χ0) is 9.28. The largest absolute Gasteiger partial charge is 0.309 e. The molecule has 0 aliphatic carbocycles. The monoisotopic (exact) mass is 177 g/mol. The Morgan fingerprint density at radius 1 is 1.09 bits per heavy atom. The smallest absolute Gasteiger partial charge is 0.0453 e. The number of halogens is 1. The highest BCUT2D eigenvalue weighted by Crippen LogP contribution is 2.36. The number of hydrogen-bond donors (Lipinski definition) is 0. The Morgan fingerprint density at radius 3 is 1.55 bits per heavy atom. The minimum Gasteiger partial charge on any atom is -0.309 e. The van der Waals surface area contributed by atoms with Gasteiger partial charge in [0.2, 0.25) is 0 Å². The van der Waals surface area contributed by atoms with E-state index in [2.05, 4.69) is 46.7 Å². The van der Waals surface area contributed by atoms with Crippen molar-refractivity contribution in [3.63, 3.8) is 0 Å². The van der Waals surface area contributed by atoms with Crippen LogP contribution in [0, 0.1) is 5.41 Å². The maximum Gasteiger partial charge on any atom is 0.0453 e. The molecule has 0 aliphatic heterocycles. The first kappa shape index (κ1) is 11.2. The third kappa shape index (κ3) is 3.44. The Hall–Kier alpha value is 0.250. The van der Waals surface area contributed by atoms with Crippen LogP contribution in [-0.2, 0) is 0 Å². The summed E-state index contributed by atoms with van der Waals surface area (Å²) in [6.45, 7) is 9.54. The number of nitrogens with zero attached hydrogens (tertiary/aromatic N) is 1. The molecule has 68 valence electrons. The summed E-state index contributed by atoms with van der Waals surface area (Å²) in [5.41, 5.74) is 0.151. The van der Waals surface area contributed by atoms with Gasteiger partial charge in [0.15, 0.2) is 0 Å². The molecule has 0 aromatic carbocycles. The highest BCUT2D eigenvalue weighted by atomic mass is 35.5. The number of alkyl halides is 1. The van der Waals surface area contributed by atoms with E-state index in [1.807, 2.05) is 0 Å². The van der Waals surface area contributed by atoms with Crippen LogP contribution < -0.4 is 0 Å². The van der Waals surface area contributed by atoms with Crippen molar-refractivity contribution in [3.8, 4) is 0 Å². The summed E-state index contributed by atoms with van der Waals surface area (Å²) in [5, 5.41) is 0. The van der Waals surface area contributed by atoms with E-state index in [-0.39, 0.29) is 10.3 Å². The molecule has 0 atom stereocenters. The van der Waals surface area contributed by atoms with Gasteiger partial charge in [-0.1, -0.05) is 13.8 Å². The summed E-state index contributed by atoms with van der Waals surface area (Å²) in [7, 11) is 4.15. The Morgan fingerprint density at radius 2 is 1.45 bits per heavy atom. The summed E-state index contributed by atoms with van der Waals surface area (Å²) in [6, 6.07) is 0. The van der Waals surface area contributed by atoms with E-state index in [0.717, 1.165) is 6.54 Å². The van der Waals surface area contributed by atoms with Crippen LogP contribution in [0.25, 0.3) is 0 Å². The molecule has 0 unspecified atom stereocenters. The molecule has 0 aromatic rings. The fourth-order valence-electron chi connectivity index (χ4n) is 0.979. The average molecular weight is 178 g/mol. The van der Waals surface area contributed by atoms with Crippen LogP contribution in [0.4, 0.5) is 0 Å². The second kappa shape index (κ2) is 3.32. The Balaban J connectivity index is 4.22.